The number of sulfone groups is 1. The molecular formula is C23H28ClN3O3S. The van der Waals surface area contributed by atoms with Crippen LogP contribution in [-0.4, -0.2) is 28.5 Å². The zero-order chi connectivity index (χ0) is 22.8. The molecule has 166 valence electrons. The summed E-state index contributed by atoms with van der Waals surface area (Å²) in [6, 6.07) is 8.07. The Morgan fingerprint density at radius 3 is 2.48 bits per heavy atom. The Labute approximate surface area is 188 Å². The number of hydrogen-bond donors (Lipinski definition) is 0. The molecule has 0 fully saturated rings. The van der Waals surface area contributed by atoms with Gasteiger partial charge < -0.3 is 4.57 Å². The molecule has 2 aromatic heterocycles. The van der Waals surface area contributed by atoms with E-state index in [-0.39, 0.29) is 21.6 Å². The van der Waals surface area contributed by atoms with Crippen LogP contribution in [0, 0.1) is 5.41 Å². The van der Waals surface area contributed by atoms with E-state index in [9.17, 15) is 13.2 Å². The minimum atomic E-state index is -3.44. The molecule has 0 atom stereocenters. The van der Waals surface area contributed by atoms with Crippen molar-refractivity contribution in [1.82, 2.24) is 14.3 Å². The molecule has 0 N–H and O–H groups in total. The Balaban J connectivity index is 1.91. The summed E-state index contributed by atoms with van der Waals surface area (Å²) in [6.07, 6.45) is 6.88. The number of aryl methyl sites for hydroxylation is 1. The zero-order valence-electron chi connectivity index (χ0n) is 18.3. The van der Waals surface area contributed by atoms with Crippen molar-refractivity contribution in [3.05, 3.63) is 64.3 Å². The fourth-order valence-electron chi connectivity index (χ4n) is 3.30. The summed E-state index contributed by atoms with van der Waals surface area (Å²) < 4.78 is 28.9. The van der Waals surface area contributed by atoms with Crippen molar-refractivity contribution >= 4 is 21.4 Å². The highest BCUT2D eigenvalue weighted by molar-refractivity contribution is 7.91. The van der Waals surface area contributed by atoms with Gasteiger partial charge in [0.05, 0.1) is 22.5 Å². The number of halogens is 1. The fourth-order valence-corrected chi connectivity index (χ4v) is 5.62. The molecule has 1 aromatic carbocycles. The van der Waals surface area contributed by atoms with Gasteiger partial charge in [-0.3, -0.25) is 4.79 Å². The number of aromatic nitrogens is 3. The number of pyridine rings is 1. The number of hydrogen-bond acceptors (Lipinski definition) is 4. The molecule has 0 aliphatic rings. The van der Waals surface area contributed by atoms with Crippen LogP contribution >= 0.6 is 11.6 Å². The van der Waals surface area contributed by atoms with Crippen LogP contribution in [0.25, 0.3) is 16.8 Å². The molecule has 8 heteroatoms. The van der Waals surface area contributed by atoms with Crippen LogP contribution in [0.4, 0.5) is 0 Å². The van der Waals surface area contributed by atoms with Gasteiger partial charge in [-0.2, -0.15) is 5.10 Å². The van der Waals surface area contributed by atoms with Crippen LogP contribution in [-0.2, 0) is 16.4 Å². The minimum absolute atomic E-state index is 0.0518. The van der Waals surface area contributed by atoms with Crippen LogP contribution in [0.5, 0.6) is 0 Å². The Morgan fingerprint density at radius 1 is 1.10 bits per heavy atom. The van der Waals surface area contributed by atoms with Crippen LogP contribution in [0.15, 0.2) is 58.6 Å². The third kappa shape index (κ3) is 5.28. The maximum atomic E-state index is 12.8. The van der Waals surface area contributed by atoms with Gasteiger partial charge in [0, 0.05) is 41.2 Å². The van der Waals surface area contributed by atoms with E-state index in [1.54, 1.807) is 39.8 Å². The molecule has 0 aliphatic heterocycles. The second-order valence-corrected chi connectivity index (χ2v) is 10.9. The van der Waals surface area contributed by atoms with E-state index in [0.29, 0.717) is 17.1 Å². The Bertz CT molecular complexity index is 1240. The molecule has 0 radical (unpaired) electrons. The van der Waals surface area contributed by atoms with Gasteiger partial charge in [0.25, 0.3) is 5.56 Å². The van der Waals surface area contributed by atoms with Gasteiger partial charge in [-0.15, -0.1) is 0 Å². The molecule has 0 aliphatic carbocycles. The highest BCUT2D eigenvalue weighted by Gasteiger charge is 2.26. The van der Waals surface area contributed by atoms with Crippen molar-refractivity contribution in [3.8, 4) is 16.8 Å². The van der Waals surface area contributed by atoms with Crippen LogP contribution < -0.4 is 5.56 Å². The van der Waals surface area contributed by atoms with Gasteiger partial charge in [0.1, 0.15) is 0 Å². The van der Waals surface area contributed by atoms with E-state index in [0.717, 1.165) is 24.1 Å². The lowest BCUT2D eigenvalue weighted by Gasteiger charge is -2.22. The summed E-state index contributed by atoms with van der Waals surface area (Å²) in [7, 11) is -3.44. The largest absolute Gasteiger partial charge is 0.313 e. The molecular weight excluding hydrogens is 434 g/mol. The second kappa shape index (κ2) is 9.01. The van der Waals surface area contributed by atoms with Crippen LogP contribution in [0.2, 0.25) is 5.02 Å². The van der Waals surface area contributed by atoms with Gasteiger partial charge in [0.2, 0.25) is 0 Å². The molecule has 0 saturated heterocycles. The third-order valence-corrected chi connectivity index (χ3v) is 7.87. The maximum absolute atomic E-state index is 12.8. The monoisotopic (exact) mass is 461 g/mol. The highest BCUT2D eigenvalue weighted by atomic mass is 35.5. The molecule has 0 bridgehead atoms. The van der Waals surface area contributed by atoms with E-state index in [2.05, 4.69) is 5.10 Å². The summed E-state index contributed by atoms with van der Waals surface area (Å²) in [5.41, 5.74) is 1.86. The fraction of sp³-hybridized carbons (Fsp3) is 0.391. The molecule has 2 heterocycles. The minimum Gasteiger partial charge on any atom is -0.313 e. The second-order valence-electron chi connectivity index (χ2n) is 8.51. The average molecular weight is 462 g/mol. The van der Waals surface area contributed by atoms with Crippen molar-refractivity contribution in [2.45, 2.75) is 52.0 Å². The van der Waals surface area contributed by atoms with Crippen molar-refractivity contribution in [2.24, 2.45) is 5.41 Å². The van der Waals surface area contributed by atoms with Gasteiger partial charge in [-0.1, -0.05) is 51.8 Å². The van der Waals surface area contributed by atoms with E-state index >= 15 is 0 Å². The summed E-state index contributed by atoms with van der Waals surface area (Å²) in [4.78, 5) is 12.2. The van der Waals surface area contributed by atoms with E-state index in [1.165, 1.54) is 12.1 Å². The van der Waals surface area contributed by atoms with Crippen molar-refractivity contribution in [2.75, 3.05) is 5.75 Å². The standard InChI is InChI=1S/C23H28ClN3O3S/c1-5-11-26-15-18(7-10-22(26)28)27-14-17(13-25-27)20-9-8-19(12-21(20)24)31(29,30)16-23(3,4)6-2/h7-10,12-15H,5-6,11,16H2,1-4H3. The number of benzene rings is 1. The molecule has 0 spiro atoms. The third-order valence-electron chi connectivity index (χ3n) is 5.43. The maximum Gasteiger partial charge on any atom is 0.250 e. The predicted octanol–water partition coefficient (Wildman–Crippen LogP) is 4.97. The lowest BCUT2D eigenvalue weighted by Crippen LogP contribution is -2.23. The predicted molar refractivity (Wildman–Crippen MR) is 125 cm³/mol. The summed E-state index contributed by atoms with van der Waals surface area (Å²) >= 11 is 6.47. The van der Waals surface area contributed by atoms with E-state index in [4.69, 9.17) is 11.6 Å². The molecule has 0 amide bonds. The number of nitrogens with zero attached hydrogens (tertiary/aromatic N) is 3. The molecule has 0 saturated carbocycles. The molecule has 6 nitrogen and oxygen atoms in total. The number of rotatable bonds is 8. The van der Waals surface area contributed by atoms with Crippen LogP contribution in [0.1, 0.15) is 40.5 Å². The van der Waals surface area contributed by atoms with Crippen molar-refractivity contribution in [3.63, 3.8) is 0 Å². The Kier molecular flexibility index (Phi) is 6.76. The first-order valence-corrected chi connectivity index (χ1v) is 12.4. The van der Waals surface area contributed by atoms with Gasteiger partial charge in [0.15, 0.2) is 9.84 Å². The first-order chi connectivity index (χ1) is 14.6. The van der Waals surface area contributed by atoms with Crippen LogP contribution in [0.3, 0.4) is 0 Å². The normalized spacial score (nSPS) is 12.3. The SMILES string of the molecule is CCCn1cc(-n2cc(-c3ccc(S(=O)(=O)CC(C)(C)CC)cc3Cl)cn2)ccc1=O. The molecule has 3 rings (SSSR count). The summed E-state index contributed by atoms with van der Waals surface area (Å²) in [5.74, 6) is 0.0670. The van der Waals surface area contributed by atoms with E-state index < -0.39 is 9.84 Å². The quantitative estimate of drug-likeness (QED) is 0.474. The zero-order valence-corrected chi connectivity index (χ0v) is 19.9. The summed E-state index contributed by atoms with van der Waals surface area (Å²) in [6.45, 7) is 8.52. The first kappa shape index (κ1) is 23.3. The van der Waals surface area contributed by atoms with Crippen molar-refractivity contribution in [1.29, 1.82) is 0 Å². The van der Waals surface area contributed by atoms with Gasteiger partial charge in [-0.05, 0) is 30.0 Å². The Morgan fingerprint density at radius 2 is 1.84 bits per heavy atom. The lowest BCUT2D eigenvalue weighted by atomic mass is 9.93. The topological polar surface area (TPSA) is 74.0 Å². The lowest BCUT2D eigenvalue weighted by molar-refractivity contribution is 0.396. The first-order valence-electron chi connectivity index (χ1n) is 10.3. The highest BCUT2D eigenvalue weighted by Crippen LogP contribution is 2.32. The smallest absolute Gasteiger partial charge is 0.250 e. The Hall–Kier alpha value is -2.38. The van der Waals surface area contributed by atoms with Gasteiger partial charge in [-0.25, -0.2) is 13.1 Å². The average Bonchev–Trinajstić information content (AvgIpc) is 3.19. The summed E-state index contributed by atoms with van der Waals surface area (Å²) in [5, 5.41) is 4.74. The van der Waals surface area contributed by atoms with E-state index in [1.807, 2.05) is 33.9 Å². The molecule has 31 heavy (non-hydrogen) atoms. The van der Waals surface area contributed by atoms with Gasteiger partial charge >= 0.3 is 0 Å². The molecule has 3 aromatic rings. The molecule has 0 unspecified atom stereocenters. The van der Waals surface area contributed by atoms with Crippen molar-refractivity contribution < 1.29 is 8.42 Å².